The number of hydrogen-bond acceptors (Lipinski definition) is 5. The molecule has 0 bridgehead atoms. The third kappa shape index (κ3) is 13.3. The lowest BCUT2D eigenvalue weighted by molar-refractivity contribution is -0.192. The molecule has 0 aliphatic carbocycles. The third-order valence-electron chi connectivity index (χ3n) is 2.20. The molecule has 0 heterocycles. The zero-order valence-corrected chi connectivity index (χ0v) is 13.0. The number of alkyl halides is 3. The van der Waals surface area contributed by atoms with Crippen molar-refractivity contribution in [1.82, 2.24) is 10.6 Å². The normalized spacial score (nSPS) is 11.8. The van der Waals surface area contributed by atoms with Gasteiger partial charge in [-0.1, -0.05) is 13.8 Å². The summed E-state index contributed by atoms with van der Waals surface area (Å²) in [6, 6.07) is -0.745. The number of carbonyl (C=O) groups excluding carboxylic acids is 2. The average Bonchev–Trinajstić information content (AvgIpc) is 2.42. The van der Waals surface area contributed by atoms with Gasteiger partial charge in [-0.15, -0.1) is 0 Å². The predicted molar refractivity (Wildman–Crippen MR) is 74.8 cm³/mol. The molecule has 1 atom stereocenters. The summed E-state index contributed by atoms with van der Waals surface area (Å²) in [6.45, 7) is 3.12. The first-order chi connectivity index (χ1) is 10.8. The van der Waals surface area contributed by atoms with Gasteiger partial charge < -0.3 is 26.6 Å². The smallest absolute Gasteiger partial charge is 0.480 e. The zero-order valence-electron chi connectivity index (χ0n) is 13.0. The highest BCUT2D eigenvalue weighted by Gasteiger charge is 2.38. The van der Waals surface area contributed by atoms with E-state index in [1.807, 2.05) is 13.8 Å². The lowest BCUT2D eigenvalue weighted by atomic mass is 10.0. The Labute approximate surface area is 135 Å². The first-order valence-corrected chi connectivity index (χ1v) is 6.60. The number of nitrogens with two attached hydrogens (primary N) is 1. The molecule has 0 saturated carbocycles. The molecule has 24 heavy (non-hydrogen) atoms. The van der Waals surface area contributed by atoms with Crippen LogP contribution in [0.2, 0.25) is 0 Å². The number of aliphatic carboxylic acids is 2. The molecule has 0 aromatic carbocycles. The summed E-state index contributed by atoms with van der Waals surface area (Å²) < 4.78 is 31.7. The minimum Gasteiger partial charge on any atom is -0.480 e. The molecule has 6 N–H and O–H groups in total. The molecule has 0 aromatic heterocycles. The third-order valence-corrected chi connectivity index (χ3v) is 2.20. The molecule has 0 aliphatic rings. The monoisotopic (exact) mass is 359 g/mol. The van der Waals surface area contributed by atoms with Crippen molar-refractivity contribution < 1.29 is 42.6 Å². The van der Waals surface area contributed by atoms with Gasteiger partial charge in [0.25, 0.3) is 0 Å². The quantitative estimate of drug-likeness (QED) is 0.402. The summed E-state index contributed by atoms with van der Waals surface area (Å²) in [4.78, 5) is 41.9. The molecule has 0 aromatic rings. The van der Waals surface area contributed by atoms with Crippen molar-refractivity contribution in [2.45, 2.75) is 32.5 Å². The summed E-state index contributed by atoms with van der Waals surface area (Å²) >= 11 is 0. The number of rotatable bonds is 7. The van der Waals surface area contributed by atoms with Crippen LogP contribution in [0.25, 0.3) is 0 Å². The van der Waals surface area contributed by atoms with Crippen molar-refractivity contribution in [3.8, 4) is 0 Å². The van der Waals surface area contributed by atoms with Gasteiger partial charge >= 0.3 is 18.1 Å². The van der Waals surface area contributed by atoms with Crippen LogP contribution in [0, 0.1) is 5.92 Å². The topological polar surface area (TPSA) is 159 Å². The van der Waals surface area contributed by atoms with Crippen LogP contribution in [-0.2, 0) is 19.2 Å². The summed E-state index contributed by atoms with van der Waals surface area (Å²) in [5.41, 5.74) is 5.14. The Morgan fingerprint density at radius 1 is 1.12 bits per heavy atom. The van der Waals surface area contributed by atoms with E-state index in [0.29, 0.717) is 6.42 Å². The van der Waals surface area contributed by atoms with Gasteiger partial charge in [0.1, 0.15) is 12.6 Å². The molecule has 0 rings (SSSR count). The Morgan fingerprint density at radius 2 is 1.58 bits per heavy atom. The number of amides is 2. The molecule has 0 aliphatic heterocycles. The second kappa shape index (κ2) is 11.2. The fraction of sp³-hybridized carbons (Fsp3) is 0.667. The largest absolute Gasteiger partial charge is 0.490 e. The Hall–Kier alpha value is -2.37. The van der Waals surface area contributed by atoms with Crippen LogP contribution in [0.15, 0.2) is 0 Å². The Morgan fingerprint density at radius 3 is 1.88 bits per heavy atom. The highest BCUT2D eigenvalue weighted by atomic mass is 19.4. The molecule has 0 saturated heterocycles. The number of hydrogen-bond donors (Lipinski definition) is 5. The van der Waals surface area contributed by atoms with E-state index in [-0.39, 0.29) is 12.5 Å². The van der Waals surface area contributed by atoms with Gasteiger partial charge in [0.15, 0.2) is 0 Å². The summed E-state index contributed by atoms with van der Waals surface area (Å²) in [7, 11) is 0. The zero-order chi connectivity index (χ0) is 19.5. The predicted octanol–water partition coefficient (Wildman–Crippen LogP) is -0.690. The minimum atomic E-state index is -5.08. The van der Waals surface area contributed by atoms with Crippen molar-refractivity contribution in [2.24, 2.45) is 11.7 Å². The standard InChI is InChI=1S/C10H19N3O4.C2HF3O2/c1-6(2)3-7(13-8(14)4-11)10(17)12-5-9(15)16;3-2(4,5)1(6)7/h6-7H,3-5,11H2,1-2H3,(H,12,17)(H,13,14)(H,15,16);(H,6,7)/t7-;/m0./s1. The average molecular weight is 359 g/mol. The maximum Gasteiger partial charge on any atom is 0.490 e. The lowest BCUT2D eigenvalue weighted by Gasteiger charge is -2.19. The molecule has 12 heteroatoms. The minimum absolute atomic E-state index is 0.189. The molecule has 0 spiro atoms. The van der Waals surface area contributed by atoms with Crippen molar-refractivity contribution in [2.75, 3.05) is 13.1 Å². The first kappa shape index (κ1) is 23.9. The maximum atomic E-state index is 11.6. The molecule has 140 valence electrons. The second-order valence-electron chi connectivity index (χ2n) is 4.87. The molecule has 9 nitrogen and oxygen atoms in total. The van der Waals surface area contributed by atoms with Crippen LogP contribution in [0.4, 0.5) is 13.2 Å². The van der Waals surface area contributed by atoms with Gasteiger partial charge in [0.2, 0.25) is 11.8 Å². The van der Waals surface area contributed by atoms with E-state index in [1.54, 1.807) is 0 Å². The maximum absolute atomic E-state index is 11.6. The van der Waals surface area contributed by atoms with E-state index >= 15 is 0 Å². The molecule has 0 fully saturated rings. The van der Waals surface area contributed by atoms with Crippen LogP contribution < -0.4 is 16.4 Å². The number of nitrogens with one attached hydrogen (secondary N) is 2. The van der Waals surface area contributed by atoms with Gasteiger partial charge in [-0.05, 0) is 12.3 Å². The number of carboxylic acid groups (broad SMARTS) is 2. The van der Waals surface area contributed by atoms with Gasteiger partial charge in [-0.2, -0.15) is 13.2 Å². The molecule has 2 amide bonds. The lowest BCUT2D eigenvalue weighted by Crippen LogP contribution is -2.49. The van der Waals surface area contributed by atoms with E-state index in [1.165, 1.54) is 0 Å². The van der Waals surface area contributed by atoms with Crippen molar-refractivity contribution in [1.29, 1.82) is 0 Å². The van der Waals surface area contributed by atoms with Gasteiger partial charge in [-0.25, -0.2) is 4.79 Å². The van der Waals surface area contributed by atoms with Crippen LogP contribution >= 0.6 is 0 Å². The van der Waals surface area contributed by atoms with Gasteiger partial charge in [0, 0.05) is 0 Å². The number of halogens is 3. The van der Waals surface area contributed by atoms with Crippen molar-refractivity contribution in [3.63, 3.8) is 0 Å². The fourth-order valence-electron chi connectivity index (χ4n) is 1.24. The second-order valence-corrected chi connectivity index (χ2v) is 4.87. The van der Waals surface area contributed by atoms with E-state index in [4.69, 9.17) is 20.7 Å². The number of carbonyl (C=O) groups is 4. The molecule has 0 unspecified atom stereocenters. The van der Waals surface area contributed by atoms with Crippen LogP contribution in [0.1, 0.15) is 20.3 Å². The Kier molecular flexibility index (Phi) is 11.2. The van der Waals surface area contributed by atoms with Crippen LogP contribution in [0.5, 0.6) is 0 Å². The van der Waals surface area contributed by atoms with Crippen molar-refractivity contribution >= 4 is 23.8 Å². The van der Waals surface area contributed by atoms with Gasteiger partial charge in [0.05, 0.1) is 6.54 Å². The highest BCUT2D eigenvalue weighted by molar-refractivity contribution is 5.89. The Balaban J connectivity index is 0. The molecule has 0 radical (unpaired) electrons. The van der Waals surface area contributed by atoms with E-state index in [2.05, 4.69) is 10.6 Å². The van der Waals surface area contributed by atoms with E-state index < -0.39 is 42.5 Å². The van der Waals surface area contributed by atoms with E-state index in [0.717, 1.165) is 0 Å². The fourth-order valence-corrected chi connectivity index (χ4v) is 1.24. The summed E-state index contributed by atoms with van der Waals surface area (Å²) in [5, 5.41) is 20.2. The van der Waals surface area contributed by atoms with Crippen LogP contribution in [-0.4, -0.2) is 59.3 Å². The number of carboxylic acids is 2. The molecular formula is C12H20F3N3O6. The van der Waals surface area contributed by atoms with Crippen LogP contribution in [0.3, 0.4) is 0 Å². The molecular weight excluding hydrogens is 339 g/mol. The summed E-state index contributed by atoms with van der Waals surface area (Å²) in [6.07, 6.45) is -4.66. The first-order valence-electron chi connectivity index (χ1n) is 6.60. The van der Waals surface area contributed by atoms with E-state index in [9.17, 15) is 27.6 Å². The van der Waals surface area contributed by atoms with Crippen molar-refractivity contribution in [3.05, 3.63) is 0 Å². The SMILES string of the molecule is CC(C)C[C@H](NC(=O)CN)C(=O)NCC(=O)O.O=C(O)C(F)(F)F. The highest BCUT2D eigenvalue weighted by Crippen LogP contribution is 2.13. The van der Waals surface area contributed by atoms with Gasteiger partial charge in [-0.3, -0.25) is 14.4 Å². The summed E-state index contributed by atoms with van der Waals surface area (Å²) in [5.74, 6) is -4.66. The Bertz CT molecular complexity index is 454.